The second kappa shape index (κ2) is 15.6. The standard InChI is InChI=1S/C35H51N7O2/c1-4-44-34(43)11-10-30-6-8-31(9-7-30)25-41(26-32-36-15-16-37-32)27-33-38-17-23-42(33)19-5-18-40-22-14-35(28-40)12-20-39(21-13-35)24-29(2)3/h6-11,15-17,23,29H,4-5,12-14,18-22,24-28H2,1-3H3,(H,36,37). The maximum atomic E-state index is 11.7. The fourth-order valence-corrected chi connectivity index (χ4v) is 6.82. The van der Waals surface area contributed by atoms with Crippen LogP contribution >= 0.6 is 0 Å². The molecule has 1 N–H and O–H groups in total. The number of carbonyl (C=O) groups is 1. The van der Waals surface area contributed by atoms with Gasteiger partial charge in [-0.15, -0.1) is 0 Å². The predicted octanol–water partition coefficient (Wildman–Crippen LogP) is 5.22. The molecule has 5 rings (SSSR count). The van der Waals surface area contributed by atoms with Gasteiger partial charge in [-0.1, -0.05) is 38.1 Å². The molecule has 0 atom stereocenters. The first-order valence-corrected chi connectivity index (χ1v) is 16.5. The van der Waals surface area contributed by atoms with E-state index in [4.69, 9.17) is 9.72 Å². The SMILES string of the molecule is CCOC(=O)C=Cc1ccc(CN(Cc2ncc[nH]2)Cc2nccn2CCCN2CCC3(CCN(CC(C)C)CC3)C2)cc1. The molecule has 3 aromatic rings. The van der Waals surface area contributed by atoms with Gasteiger partial charge in [0.15, 0.2) is 0 Å². The van der Waals surface area contributed by atoms with Gasteiger partial charge >= 0.3 is 5.97 Å². The van der Waals surface area contributed by atoms with E-state index >= 15 is 0 Å². The minimum Gasteiger partial charge on any atom is -0.463 e. The highest BCUT2D eigenvalue weighted by Gasteiger charge is 2.40. The zero-order valence-corrected chi connectivity index (χ0v) is 27.0. The van der Waals surface area contributed by atoms with Crippen molar-refractivity contribution < 1.29 is 9.53 Å². The van der Waals surface area contributed by atoms with E-state index in [0.717, 1.165) is 55.7 Å². The number of nitrogens with zero attached hydrogens (tertiary/aromatic N) is 6. The van der Waals surface area contributed by atoms with Crippen LogP contribution < -0.4 is 0 Å². The summed E-state index contributed by atoms with van der Waals surface area (Å²) in [4.78, 5) is 31.9. The highest BCUT2D eigenvalue weighted by Crippen LogP contribution is 2.40. The number of imidazole rings is 2. The van der Waals surface area contributed by atoms with E-state index in [-0.39, 0.29) is 5.97 Å². The Morgan fingerprint density at radius 1 is 1.02 bits per heavy atom. The lowest BCUT2D eigenvalue weighted by molar-refractivity contribution is -0.137. The summed E-state index contributed by atoms with van der Waals surface area (Å²) in [7, 11) is 0. The number of aryl methyl sites for hydroxylation is 1. The molecule has 0 radical (unpaired) electrons. The van der Waals surface area contributed by atoms with Crippen LogP contribution in [0.1, 0.15) is 69.2 Å². The highest BCUT2D eigenvalue weighted by molar-refractivity contribution is 5.87. The van der Waals surface area contributed by atoms with Crippen molar-refractivity contribution in [3.63, 3.8) is 0 Å². The minimum atomic E-state index is -0.321. The Morgan fingerprint density at radius 2 is 1.80 bits per heavy atom. The van der Waals surface area contributed by atoms with E-state index in [1.807, 2.05) is 31.5 Å². The molecule has 0 unspecified atom stereocenters. The number of piperidine rings is 1. The Balaban J connectivity index is 1.13. The lowest BCUT2D eigenvalue weighted by Crippen LogP contribution is -2.42. The molecule has 2 aliphatic rings. The molecule has 0 amide bonds. The Bertz CT molecular complexity index is 1310. The number of nitrogens with one attached hydrogen (secondary N) is 1. The van der Waals surface area contributed by atoms with Crippen LogP contribution in [0.2, 0.25) is 0 Å². The molecule has 0 saturated carbocycles. The second-order valence-electron chi connectivity index (χ2n) is 13.1. The fourth-order valence-electron chi connectivity index (χ4n) is 6.82. The third kappa shape index (κ3) is 9.36. The minimum absolute atomic E-state index is 0.321. The van der Waals surface area contributed by atoms with Crippen molar-refractivity contribution in [2.45, 2.75) is 72.6 Å². The lowest BCUT2D eigenvalue weighted by Gasteiger charge is -2.40. The molecule has 0 bridgehead atoms. The topological polar surface area (TPSA) is 82.5 Å². The summed E-state index contributed by atoms with van der Waals surface area (Å²) in [6, 6.07) is 8.30. The number of hydrogen-bond acceptors (Lipinski definition) is 7. The van der Waals surface area contributed by atoms with Gasteiger partial charge in [0.2, 0.25) is 0 Å². The van der Waals surface area contributed by atoms with Gasteiger partial charge in [-0.25, -0.2) is 14.8 Å². The maximum absolute atomic E-state index is 11.7. The van der Waals surface area contributed by atoms with Crippen molar-refractivity contribution >= 4 is 12.0 Å². The maximum Gasteiger partial charge on any atom is 0.330 e. The van der Waals surface area contributed by atoms with Crippen molar-refractivity contribution in [2.24, 2.45) is 11.3 Å². The normalized spacial score (nSPS) is 17.5. The average Bonchev–Trinajstić information content (AvgIpc) is 3.77. The number of rotatable bonds is 15. The Labute approximate surface area is 263 Å². The molecule has 2 aliphatic heterocycles. The molecule has 2 saturated heterocycles. The predicted molar refractivity (Wildman–Crippen MR) is 174 cm³/mol. The first-order valence-electron chi connectivity index (χ1n) is 16.5. The summed E-state index contributed by atoms with van der Waals surface area (Å²) in [6.45, 7) is 17.5. The summed E-state index contributed by atoms with van der Waals surface area (Å²) in [5.41, 5.74) is 2.71. The largest absolute Gasteiger partial charge is 0.463 e. The van der Waals surface area contributed by atoms with Gasteiger partial charge in [-0.2, -0.15) is 0 Å². The Morgan fingerprint density at radius 3 is 2.50 bits per heavy atom. The number of ether oxygens (including phenoxy) is 1. The zero-order chi connectivity index (χ0) is 30.8. The molecule has 9 nitrogen and oxygen atoms in total. The smallest absolute Gasteiger partial charge is 0.330 e. The number of aromatic nitrogens is 4. The highest BCUT2D eigenvalue weighted by atomic mass is 16.5. The molecule has 2 fully saturated rings. The Kier molecular flexibility index (Phi) is 11.4. The lowest BCUT2D eigenvalue weighted by atomic mass is 9.77. The first kappa shape index (κ1) is 32.1. The summed E-state index contributed by atoms with van der Waals surface area (Å²) in [5.74, 6) is 2.46. The van der Waals surface area contributed by atoms with Crippen LogP contribution in [0.3, 0.4) is 0 Å². The van der Waals surface area contributed by atoms with Crippen LogP contribution in [0, 0.1) is 11.3 Å². The van der Waals surface area contributed by atoms with E-state index in [9.17, 15) is 4.79 Å². The summed E-state index contributed by atoms with van der Waals surface area (Å²) >= 11 is 0. The van der Waals surface area contributed by atoms with E-state index in [2.05, 4.69) is 61.4 Å². The summed E-state index contributed by atoms with van der Waals surface area (Å²) < 4.78 is 7.31. The number of hydrogen-bond donors (Lipinski definition) is 1. The number of benzene rings is 1. The molecular weight excluding hydrogens is 550 g/mol. The van der Waals surface area contributed by atoms with E-state index in [1.54, 1.807) is 12.3 Å². The van der Waals surface area contributed by atoms with Crippen LogP contribution in [0.5, 0.6) is 0 Å². The van der Waals surface area contributed by atoms with E-state index in [1.165, 1.54) is 63.6 Å². The quantitative estimate of drug-likeness (QED) is 0.189. The van der Waals surface area contributed by atoms with Gasteiger partial charge in [0.25, 0.3) is 0 Å². The average molecular weight is 602 g/mol. The van der Waals surface area contributed by atoms with Crippen LogP contribution in [-0.4, -0.2) is 86.1 Å². The van der Waals surface area contributed by atoms with Gasteiger partial charge in [-0.05, 0) is 87.3 Å². The number of aromatic amines is 1. The second-order valence-corrected chi connectivity index (χ2v) is 13.1. The molecule has 9 heteroatoms. The third-order valence-corrected chi connectivity index (χ3v) is 9.11. The van der Waals surface area contributed by atoms with Crippen LogP contribution in [0.4, 0.5) is 0 Å². The van der Waals surface area contributed by atoms with E-state index < -0.39 is 0 Å². The van der Waals surface area contributed by atoms with Crippen LogP contribution in [0.15, 0.2) is 55.1 Å². The Hall–Kier alpha value is -3.27. The van der Waals surface area contributed by atoms with Gasteiger partial charge in [0.1, 0.15) is 11.6 Å². The number of H-pyrrole nitrogens is 1. The monoisotopic (exact) mass is 601 g/mol. The van der Waals surface area contributed by atoms with Crippen molar-refractivity contribution in [2.75, 3.05) is 45.9 Å². The molecule has 1 spiro atoms. The number of esters is 1. The van der Waals surface area contributed by atoms with Gasteiger partial charge in [-0.3, -0.25) is 4.90 Å². The molecule has 238 valence electrons. The van der Waals surface area contributed by atoms with Crippen molar-refractivity contribution in [1.82, 2.24) is 34.2 Å². The van der Waals surface area contributed by atoms with Crippen molar-refractivity contribution in [3.8, 4) is 0 Å². The number of carbonyl (C=O) groups excluding carboxylic acids is 1. The van der Waals surface area contributed by atoms with Crippen molar-refractivity contribution in [1.29, 1.82) is 0 Å². The molecule has 4 heterocycles. The molecule has 0 aliphatic carbocycles. The van der Waals surface area contributed by atoms with E-state index in [0.29, 0.717) is 18.6 Å². The zero-order valence-electron chi connectivity index (χ0n) is 27.0. The fraction of sp³-hybridized carbons (Fsp3) is 0.571. The van der Waals surface area contributed by atoms with Gasteiger partial charge in [0, 0.05) is 57.0 Å². The first-order chi connectivity index (χ1) is 21.4. The van der Waals surface area contributed by atoms with Crippen LogP contribution in [-0.2, 0) is 35.7 Å². The van der Waals surface area contributed by atoms with Crippen LogP contribution in [0.25, 0.3) is 6.08 Å². The number of likely N-dealkylation sites (tertiary alicyclic amines) is 2. The summed E-state index contributed by atoms with van der Waals surface area (Å²) in [6.07, 6.45) is 16.2. The third-order valence-electron chi connectivity index (χ3n) is 9.11. The van der Waals surface area contributed by atoms with Gasteiger partial charge < -0.3 is 24.1 Å². The van der Waals surface area contributed by atoms with Gasteiger partial charge in [0.05, 0.1) is 19.7 Å². The summed E-state index contributed by atoms with van der Waals surface area (Å²) in [5, 5.41) is 0. The van der Waals surface area contributed by atoms with Crippen molar-refractivity contribution in [3.05, 3.63) is 77.9 Å². The molecule has 1 aromatic carbocycles. The molecule has 44 heavy (non-hydrogen) atoms. The molecular formula is C35H51N7O2. The molecule has 2 aromatic heterocycles.